The van der Waals surface area contributed by atoms with Gasteiger partial charge in [-0.15, -0.1) is 0 Å². The number of hydrogen-bond donors (Lipinski definition) is 0. The van der Waals surface area contributed by atoms with Crippen molar-refractivity contribution in [2.45, 2.75) is 24.6 Å². The number of para-hydroxylation sites is 2. The van der Waals surface area contributed by atoms with Crippen LogP contribution in [0.4, 0.5) is 4.39 Å². The predicted molar refractivity (Wildman–Crippen MR) is 97.5 cm³/mol. The summed E-state index contributed by atoms with van der Waals surface area (Å²) >= 11 is 0. The fourth-order valence-corrected chi connectivity index (χ4v) is 4.53. The first-order valence-corrected chi connectivity index (χ1v) is 9.07. The highest BCUT2D eigenvalue weighted by molar-refractivity contribution is 5.87. The third kappa shape index (κ3) is 2.42. The molecule has 2 bridgehead atoms. The Kier molecular flexibility index (Phi) is 3.39. The van der Waals surface area contributed by atoms with Crippen LogP contribution >= 0.6 is 0 Å². The summed E-state index contributed by atoms with van der Waals surface area (Å²) in [7, 11) is 0. The van der Waals surface area contributed by atoms with Gasteiger partial charge in [0, 0.05) is 6.54 Å². The number of amides is 1. The Morgan fingerprint density at radius 3 is 2.62 bits per heavy atom. The lowest BCUT2D eigenvalue weighted by Crippen LogP contribution is -2.60. The second-order valence-corrected chi connectivity index (χ2v) is 7.60. The van der Waals surface area contributed by atoms with E-state index in [2.05, 4.69) is 4.98 Å². The van der Waals surface area contributed by atoms with Gasteiger partial charge in [0.25, 0.3) is 0 Å². The molecule has 2 aliphatic heterocycles. The van der Waals surface area contributed by atoms with Crippen LogP contribution in [0.25, 0.3) is 11.0 Å². The maximum absolute atomic E-state index is 14.6. The number of fused-ring (bicyclic) bond motifs is 3. The van der Waals surface area contributed by atoms with Gasteiger partial charge in [-0.1, -0.05) is 42.5 Å². The van der Waals surface area contributed by atoms with E-state index in [1.54, 1.807) is 11.2 Å². The number of aromatic nitrogens is 2. The molecule has 0 N–H and O–H groups in total. The maximum atomic E-state index is 14.6. The van der Waals surface area contributed by atoms with Crippen molar-refractivity contribution in [2.24, 2.45) is 5.92 Å². The van der Waals surface area contributed by atoms with Crippen molar-refractivity contribution in [3.05, 3.63) is 66.5 Å². The van der Waals surface area contributed by atoms with E-state index in [0.29, 0.717) is 25.3 Å². The van der Waals surface area contributed by atoms with Gasteiger partial charge in [0.1, 0.15) is 11.7 Å². The summed E-state index contributed by atoms with van der Waals surface area (Å²) in [6.45, 7) is 0.860. The van der Waals surface area contributed by atoms with Crippen LogP contribution in [-0.4, -0.2) is 39.1 Å². The molecule has 5 heteroatoms. The van der Waals surface area contributed by atoms with E-state index < -0.39 is 11.7 Å². The summed E-state index contributed by atoms with van der Waals surface area (Å²) in [5.74, 6) is 0.249. The Bertz CT molecular complexity index is 962. The number of imidazole rings is 1. The maximum Gasteiger partial charge on any atom is 0.250 e. The summed E-state index contributed by atoms with van der Waals surface area (Å²) in [6.07, 6.45) is 2.91. The SMILES string of the molecule is O=C(C(c1ccccc1)n1cnc2ccccc21)N1CC2CC(F)(C2)C1. The molecule has 2 saturated heterocycles. The number of benzene rings is 2. The molecule has 26 heavy (non-hydrogen) atoms. The monoisotopic (exact) mass is 349 g/mol. The molecule has 1 atom stereocenters. The van der Waals surface area contributed by atoms with E-state index in [1.165, 1.54) is 0 Å². The molecular formula is C21H20FN3O. The zero-order valence-corrected chi connectivity index (χ0v) is 14.4. The van der Waals surface area contributed by atoms with Crippen molar-refractivity contribution in [1.82, 2.24) is 14.5 Å². The van der Waals surface area contributed by atoms with Crippen LogP contribution < -0.4 is 0 Å². The normalized spacial score (nSPS) is 25.7. The first-order valence-electron chi connectivity index (χ1n) is 9.07. The third-order valence-corrected chi connectivity index (χ3v) is 5.68. The van der Waals surface area contributed by atoms with Gasteiger partial charge < -0.3 is 9.47 Å². The molecule has 0 radical (unpaired) electrons. The largest absolute Gasteiger partial charge is 0.337 e. The Balaban J connectivity index is 1.58. The van der Waals surface area contributed by atoms with Crippen LogP contribution in [0.1, 0.15) is 24.4 Å². The average molecular weight is 349 g/mol. The van der Waals surface area contributed by atoms with Gasteiger partial charge in [-0.2, -0.15) is 0 Å². The van der Waals surface area contributed by atoms with Crippen molar-refractivity contribution < 1.29 is 9.18 Å². The van der Waals surface area contributed by atoms with Crippen LogP contribution in [0.15, 0.2) is 60.9 Å². The van der Waals surface area contributed by atoms with E-state index in [9.17, 15) is 9.18 Å². The minimum absolute atomic E-state index is 0.0502. The van der Waals surface area contributed by atoms with Crippen LogP contribution in [0.3, 0.4) is 0 Å². The molecule has 3 aromatic rings. The number of halogens is 1. The first-order chi connectivity index (χ1) is 12.6. The van der Waals surface area contributed by atoms with Crippen molar-refractivity contribution >= 4 is 16.9 Å². The predicted octanol–water partition coefficient (Wildman–Crippen LogP) is 3.59. The van der Waals surface area contributed by atoms with Gasteiger partial charge in [0.15, 0.2) is 0 Å². The van der Waals surface area contributed by atoms with E-state index in [0.717, 1.165) is 16.6 Å². The van der Waals surface area contributed by atoms with Crippen molar-refractivity contribution in [1.29, 1.82) is 0 Å². The minimum Gasteiger partial charge on any atom is -0.337 e. The number of carbonyl (C=O) groups is 1. The molecule has 4 nitrogen and oxygen atoms in total. The molecule has 132 valence electrons. The zero-order chi connectivity index (χ0) is 17.7. The van der Waals surface area contributed by atoms with E-state index in [4.69, 9.17) is 0 Å². The number of piperidine rings is 2. The number of rotatable bonds is 3. The van der Waals surface area contributed by atoms with Crippen molar-refractivity contribution in [3.63, 3.8) is 0 Å². The summed E-state index contributed by atoms with van der Waals surface area (Å²) in [5, 5.41) is 0. The standard InChI is InChI=1S/C21H20FN3O/c22-21-10-15(11-21)12-24(13-21)20(26)19(16-6-2-1-3-7-16)25-14-23-17-8-4-5-9-18(17)25/h1-9,14-15,19H,10-13H2. The average Bonchev–Trinajstić information content (AvgIpc) is 3.06. The smallest absolute Gasteiger partial charge is 0.250 e. The number of hydrogen-bond acceptors (Lipinski definition) is 2. The molecule has 3 heterocycles. The van der Waals surface area contributed by atoms with E-state index >= 15 is 0 Å². The van der Waals surface area contributed by atoms with E-state index in [-0.39, 0.29) is 12.5 Å². The topological polar surface area (TPSA) is 38.1 Å². The van der Waals surface area contributed by atoms with Crippen molar-refractivity contribution in [2.75, 3.05) is 13.1 Å². The molecule has 1 amide bonds. The van der Waals surface area contributed by atoms with Gasteiger partial charge in [-0.25, -0.2) is 9.37 Å². The van der Waals surface area contributed by atoms with Gasteiger partial charge in [-0.3, -0.25) is 4.79 Å². The quantitative estimate of drug-likeness (QED) is 0.725. The molecule has 3 aliphatic rings. The number of nitrogens with zero attached hydrogens (tertiary/aromatic N) is 3. The van der Waals surface area contributed by atoms with Gasteiger partial charge in [0.05, 0.1) is 23.9 Å². The zero-order valence-electron chi connectivity index (χ0n) is 14.4. The Morgan fingerprint density at radius 1 is 1.12 bits per heavy atom. The highest BCUT2D eigenvalue weighted by Gasteiger charge is 2.52. The highest BCUT2D eigenvalue weighted by Crippen LogP contribution is 2.46. The van der Waals surface area contributed by atoms with Gasteiger partial charge >= 0.3 is 0 Å². The minimum atomic E-state index is -1.18. The molecule has 1 aliphatic carbocycles. The lowest BCUT2D eigenvalue weighted by atomic mass is 9.68. The van der Waals surface area contributed by atoms with Crippen LogP contribution in [0.2, 0.25) is 0 Å². The summed E-state index contributed by atoms with van der Waals surface area (Å²) in [5.41, 5.74) is 1.47. The lowest BCUT2D eigenvalue weighted by Gasteiger charge is -2.52. The molecule has 1 unspecified atom stereocenters. The molecular weight excluding hydrogens is 329 g/mol. The molecule has 0 spiro atoms. The Labute approximate surface area is 151 Å². The second kappa shape index (κ2) is 5.66. The Morgan fingerprint density at radius 2 is 1.85 bits per heavy atom. The van der Waals surface area contributed by atoms with Crippen LogP contribution in [0, 0.1) is 5.92 Å². The fourth-order valence-electron chi connectivity index (χ4n) is 4.53. The van der Waals surface area contributed by atoms with Crippen molar-refractivity contribution in [3.8, 4) is 0 Å². The fraction of sp³-hybridized carbons (Fsp3) is 0.333. The molecule has 2 aromatic carbocycles. The summed E-state index contributed by atoms with van der Waals surface area (Å²) < 4.78 is 16.5. The number of carbonyl (C=O) groups excluding carboxylic acids is 1. The third-order valence-electron chi connectivity index (χ3n) is 5.68. The summed E-state index contributed by atoms with van der Waals surface area (Å²) in [4.78, 5) is 19.6. The molecule has 1 saturated carbocycles. The number of alkyl halides is 1. The lowest BCUT2D eigenvalue weighted by molar-refractivity contribution is -0.149. The van der Waals surface area contributed by atoms with Gasteiger partial charge in [0.2, 0.25) is 5.91 Å². The Hall–Kier alpha value is -2.69. The molecule has 3 fully saturated rings. The van der Waals surface area contributed by atoms with Gasteiger partial charge in [-0.05, 0) is 36.5 Å². The second-order valence-electron chi connectivity index (χ2n) is 7.60. The summed E-state index contributed by atoms with van der Waals surface area (Å²) in [6, 6.07) is 17.0. The van der Waals surface area contributed by atoms with Crippen LogP contribution in [0.5, 0.6) is 0 Å². The molecule has 1 aromatic heterocycles. The molecule has 6 rings (SSSR count). The first kappa shape index (κ1) is 15.6. The van der Waals surface area contributed by atoms with E-state index in [1.807, 2.05) is 59.2 Å². The highest BCUT2D eigenvalue weighted by atomic mass is 19.1. The van der Waals surface area contributed by atoms with Crippen LogP contribution in [-0.2, 0) is 4.79 Å².